The summed E-state index contributed by atoms with van der Waals surface area (Å²) in [5.41, 5.74) is 7.71. The van der Waals surface area contributed by atoms with Crippen LogP contribution in [0.3, 0.4) is 0 Å². The Bertz CT molecular complexity index is 683. The van der Waals surface area contributed by atoms with Crippen molar-refractivity contribution in [2.45, 2.75) is 12.2 Å². The van der Waals surface area contributed by atoms with Crippen molar-refractivity contribution in [3.8, 4) is 0 Å². The van der Waals surface area contributed by atoms with E-state index >= 15 is 0 Å². The van der Waals surface area contributed by atoms with Crippen molar-refractivity contribution >= 4 is 15.7 Å². The summed E-state index contributed by atoms with van der Waals surface area (Å²) in [5.74, 6) is -0.390. The molecule has 4 nitrogen and oxygen atoms in total. The molecule has 2 aromatic carbocycles. The third-order valence-corrected chi connectivity index (χ3v) is 4.34. The zero-order valence-corrected chi connectivity index (χ0v) is 12.2. The molecule has 0 fully saturated rings. The van der Waals surface area contributed by atoms with E-state index in [1.807, 2.05) is 0 Å². The van der Waals surface area contributed by atoms with Gasteiger partial charge in [-0.1, -0.05) is 24.3 Å². The minimum atomic E-state index is -3.39. The van der Waals surface area contributed by atoms with Gasteiger partial charge in [0.25, 0.3) is 0 Å². The van der Waals surface area contributed by atoms with Crippen molar-refractivity contribution in [2.24, 2.45) is 0 Å². The molecule has 0 spiro atoms. The largest absolute Gasteiger partial charge is 0.399 e. The Morgan fingerprint density at radius 2 is 1.52 bits per heavy atom. The maximum absolute atomic E-state index is 12.7. The smallest absolute Gasteiger partial charge is 0.215 e. The molecular weight excluding hydrogens is 291 g/mol. The predicted octanol–water partition coefficient (Wildman–Crippen LogP) is 2.07. The number of nitrogens with two attached hydrogens (primary N) is 1. The topological polar surface area (TPSA) is 72.2 Å². The zero-order valence-electron chi connectivity index (χ0n) is 11.4. The first-order valence-electron chi connectivity index (χ1n) is 6.51. The minimum absolute atomic E-state index is 0.0866. The molecule has 0 aliphatic heterocycles. The molecule has 0 amide bonds. The number of anilines is 1. The lowest BCUT2D eigenvalue weighted by Gasteiger charge is -2.07. The van der Waals surface area contributed by atoms with Gasteiger partial charge in [-0.2, -0.15) is 0 Å². The van der Waals surface area contributed by atoms with Crippen LogP contribution in [0.1, 0.15) is 11.1 Å². The first-order chi connectivity index (χ1) is 9.94. The van der Waals surface area contributed by atoms with Gasteiger partial charge in [0.05, 0.1) is 5.75 Å². The molecule has 0 aliphatic rings. The van der Waals surface area contributed by atoms with Gasteiger partial charge in [0.15, 0.2) is 0 Å². The normalized spacial score (nSPS) is 11.5. The van der Waals surface area contributed by atoms with Crippen LogP contribution in [0.15, 0.2) is 48.5 Å². The molecule has 0 atom stereocenters. The highest BCUT2D eigenvalue weighted by Gasteiger charge is 2.10. The third kappa shape index (κ3) is 5.17. The third-order valence-electron chi connectivity index (χ3n) is 2.99. The van der Waals surface area contributed by atoms with Gasteiger partial charge in [-0.25, -0.2) is 17.5 Å². The molecule has 0 heterocycles. The van der Waals surface area contributed by atoms with Gasteiger partial charge in [-0.05, 0) is 41.8 Å². The van der Waals surface area contributed by atoms with Crippen molar-refractivity contribution in [1.29, 1.82) is 0 Å². The second kappa shape index (κ2) is 6.69. The summed E-state index contributed by atoms with van der Waals surface area (Å²) in [7, 11) is -3.39. The van der Waals surface area contributed by atoms with Gasteiger partial charge < -0.3 is 5.73 Å². The Hall–Kier alpha value is -1.92. The maximum Gasteiger partial charge on any atom is 0.215 e. The molecule has 0 radical (unpaired) electrons. The van der Waals surface area contributed by atoms with E-state index in [4.69, 9.17) is 5.73 Å². The predicted molar refractivity (Wildman–Crippen MR) is 81.6 cm³/mol. The summed E-state index contributed by atoms with van der Waals surface area (Å²) in [6.07, 6.45) is 0.515. The SMILES string of the molecule is Nc1ccc(CS(=O)(=O)NCCc2ccc(F)cc2)cc1. The molecule has 112 valence electrons. The summed E-state index contributed by atoms with van der Waals surface area (Å²) in [5, 5.41) is 0. The lowest BCUT2D eigenvalue weighted by molar-refractivity contribution is 0.580. The Morgan fingerprint density at radius 1 is 0.952 bits per heavy atom. The molecule has 0 aromatic heterocycles. The van der Waals surface area contributed by atoms with E-state index in [2.05, 4.69) is 4.72 Å². The summed E-state index contributed by atoms with van der Waals surface area (Å²) in [6, 6.07) is 12.7. The lowest BCUT2D eigenvalue weighted by Crippen LogP contribution is -2.27. The molecule has 0 saturated carbocycles. The Balaban J connectivity index is 1.86. The fraction of sp³-hybridized carbons (Fsp3) is 0.200. The van der Waals surface area contributed by atoms with Crippen LogP contribution >= 0.6 is 0 Å². The van der Waals surface area contributed by atoms with E-state index in [0.717, 1.165) is 5.56 Å². The summed E-state index contributed by atoms with van der Waals surface area (Å²) < 4.78 is 39.1. The van der Waals surface area contributed by atoms with E-state index in [1.165, 1.54) is 12.1 Å². The number of hydrogen-bond acceptors (Lipinski definition) is 3. The fourth-order valence-corrected chi connectivity index (χ4v) is 3.03. The highest BCUT2D eigenvalue weighted by molar-refractivity contribution is 7.88. The zero-order chi connectivity index (χ0) is 15.3. The van der Waals surface area contributed by atoms with Gasteiger partial charge in [0.2, 0.25) is 10.0 Å². The van der Waals surface area contributed by atoms with Crippen molar-refractivity contribution in [3.05, 3.63) is 65.5 Å². The molecule has 2 aromatic rings. The van der Waals surface area contributed by atoms with Crippen LogP contribution in [0.5, 0.6) is 0 Å². The van der Waals surface area contributed by atoms with Gasteiger partial charge >= 0.3 is 0 Å². The molecule has 21 heavy (non-hydrogen) atoms. The number of nitrogen functional groups attached to an aromatic ring is 1. The summed E-state index contributed by atoms with van der Waals surface area (Å²) >= 11 is 0. The lowest BCUT2D eigenvalue weighted by atomic mass is 10.1. The number of nitrogens with one attached hydrogen (secondary N) is 1. The quantitative estimate of drug-likeness (QED) is 0.802. The number of halogens is 1. The first kappa shape index (κ1) is 15.5. The van der Waals surface area contributed by atoms with E-state index in [9.17, 15) is 12.8 Å². The van der Waals surface area contributed by atoms with Crippen LogP contribution in [0, 0.1) is 5.82 Å². The molecule has 0 aliphatic carbocycles. The Kier molecular flexibility index (Phi) is 4.93. The first-order valence-corrected chi connectivity index (χ1v) is 8.16. The molecule has 0 saturated heterocycles. The van der Waals surface area contributed by atoms with Crippen molar-refractivity contribution in [1.82, 2.24) is 4.72 Å². The van der Waals surface area contributed by atoms with E-state index in [-0.39, 0.29) is 18.1 Å². The van der Waals surface area contributed by atoms with E-state index < -0.39 is 10.0 Å². The molecular formula is C15H17FN2O2S. The van der Waals surface area contributed by atoms with Crippen molar-refractivity contribution < 1.29 is 12.8 Å². The van der Waals surface area contributed by atoms with Crippen LogP contribution in [0.25, 0.3) is 0 Å². The maximum atomic E-state index is 12.7. The Morgan fingerprint density at radius 3 is 2.14 bits per heavy atom. The number of benzene rings is 2. The molecule has 6 heteroatoms. The van der Waals surface area contributed by atoms with Crippen LogP contribution in [0.2, 0.25) is 0 Å². The van der Waals surface area contributed by atoms with E-state index in [1.54, 1.807) is 36.4 Å². The number of rotatable bonds is 6. The van der Waals surface area contributed by atoms with Crippen LogP contribution < -0.4 is 10.5 Å². The fourth-order valence-electron chi connectivity index (χ4n) is 1.89. The van der Waals surface area contributed by atoms with Gasteiger partial charge in [-0.3, -0.25) is 0 Å². The average molecular weight is 308 g/mol. The second-order valence-corrected chi connectivity index (χ2v) is 6.58. The van der Waals surface area contributed by atoms with Crippen LogP contribution in [-0.2, 0) is 22.2 Å². The summed E-state index contributed by atoms with van der Waals surface area (Å²) in [4.78, 5) is 0. The second-order valence-electron chi connectivity index (χ2n) is 4.77. The van der Waals surface area contributed by atoms with Crippen LogP contribution in [0.4, 0.5) is 10.1 Å². The van der Waals surface area contributed by atoms with Crippen molar-refractivity contribution in [2.75, 3.05) is 12.3 Å². The molecule has 0 bridgehead atoms. The average Bonchev–Trinajstić information content (AvgIpc) is 2.43. The highest BCUT2D eigenvalue weighted by atomic mass is 32.2. The molecule has 0 unspecified atom stereocenters. The standard InChI is InChI=1S/C15H17FN2O2S/c16-14-5-1-12(2-6-14)9-10-18-21(19,20)11-13-3-7-15(17)8-4-13/h1-8,18H,9-11,17H2. The summed E-state index contributed by atoms with van der Waals surface area (Å²) in [6.45, 7) is 0.281. The molecule has 2 rings (SSSR count). The number of hydrogen-bond donors (Lipinski definition) is 2. The van der Waals surface area contributed by atoms with Crippen LogP contribution in [-0.4, -0.2) is 15.0 Å². The minimum Gasteiger partial charge on any atom is -0.399 e. The highest BCUT2D eigenvalue weighted by Crippen LogP contribution is 2.09. The number of sulfonamides is 1. The van der Waals surface area contributed by atoms with Crippen molar-refractivity contribution in [3.63, 3.8) is 0 Å². The Labute approximate surface area is 123 Å². The molecule has 3 N–H and O–H groups in total. The van der Waals surface area contributed by atoms with Gasteiger partial charge in [0.1, 0.15) is 5.82 Å². The van der Waals surface area contributed by atoms with E-state index in [0.29, 0.717) is 17.7 Å². The van der Waals surface area contributed by atoms with Gasteiger partial charge in [-0.15, -0.1) is 0 Å². The van der Waals surface area contributed by atoms with Gasteiger partial charge in [0, 0.05) is 12.2 Å². The monoisotopic (exact) mass is 308 g/mol.